The summed E-state index contributed by atoms with van der Waals surface area (Å²) < 4.78 is 0. The molecular formula is C12H21N5O. The van der Waals surface area contributed by atoms with Gasteiger partial charge >= 0.3 is 0 Å². The molecule has 2 N–H and O–H groups in total. The number of nitrogens with zero attached hydrogens (tertiary/aromatic N) is 3. The molecule has 0 aliphatic carbocycles. The van der Waals surface area contributed by atoms with Crippen molar-refractivity contribution >= 4 is 5.91 Å². The Morgan fingerprint density at radius 2 is 2.33 bits per heavy atom. The van der Waals surface area contributed by atoms with Gasteiger partial charge in [-0.2, -0.15) is 0 Å². The fraction of sp³-hybridized carbons (Fsp3) is 0.750. The Hall–Kier alpha value is -1.43. The molecule has 0 spiro atoms. The lowest BCUT2D eigenvalue weighted by atomic mass is 9.93. The van der Waals surface area contributed by atoms with E-state index in [4.69, 9.17) is 0 Å². The summed E-state index contributed by atoms with van der Waals surface area (Å²) in [5.74, 6) is 0.710. The number of nitrogens with one attached hydrogen (secondary N) is 2. The van der Waals surface area contributed by atoms with Gasteiger partial charge in [-0.1, -0.05) is 5.21 Å². The van der Waals surface area contributed by atoms with E-state index in [1.54, 1.807) is 6.20 Å². The highest BCUT2D eigenvalue weighted by atomic mass is 16.1. The van der Waals surface area contributed by atoms with Gasteiger partial charge in [-0.25, -0.2) is 0 Å². The number of aromatic amines is 1. The quantitative estimate of drug-likeness (QED) is 0.784. The molecular weight excluding hydrogens is 230 g/mol. The van der Waals surface area contributed by atoms with E-state index in [1.165, 1.54) is 0 Å². The van der Waals surface area contributed by atoms with Crippen LogP contribution in [-0.4, -0.2) is 52.9 Å². The predicted molar refractivity (Wildman–Crippen MR) is 67.9 cm³/mol. The Morgan fingerprint density at radius 3 is 3.00 bits per heavy atom. The molecule has 1 aromatic heterocycles. The Morgan fingerprint density at radius 1 is 1.56 bits per heavy atom. The molecule has 6 heteroatoms. The SMILES string of the molecule is CN1CCC(CC(=O)NCCc2c[nH]nn2)CC1. The van der Waals surface area contributed by atoms with Crippen LogP contribution in [0.4, 0.5) is 0 Å². The molecule has 2 rings (SSSR count). The lowest BCUT2D eigenvalue weighted by Gasteiger charge is -2.28. The molecule has 18 heavy (non-hydrogen) atoms. The number of hydrogen-bond donors (Lipinski definition) is 2. The highest BCUT2D eigenvalue weighted by Crippen LogP contribution is 2.19. The van der Waals surface area contributed by atoms with Crippen molar-refractivity contribution in [3.8, 4) is 0 Å². The second-order valence-electron chi connectivity index (χ2n) is 5.02. The minimum atomic E-state index is 0.160. The van der Waals surface area contributed by atoms with Crippen LogP contribution in [0.5, 0.6) is 0 Å². The van der Waals surface area contributed by atoms with Crippen LogP contribution in [-0.2, 0) is 11.2 Å². The first kappa shape index (κ1) is 13.0. The molecule has 1 aliphatic heterocycles. The molecule has 100 valence electrons. The minimum absolute atomic E-state index is 0.160. The zero-order valence-corrected chi connectivity index (χ0v) is 10.9. The third kappa shape index (κ3) is 4.10. The first-order chi connectivity index (χ1) is 8.74. The zero-order chi connectivity index (χ0) is 12.8. The molecule has 0 unspecified atom stereocenters. The number of H-pyrrole nitrogens is 1. The van der Waals surface area contributed by atoms with Crippen molar-refractivity contribution in [3.63, 3.8) is 0 Å². The summed E-state index contributed by atoms with van der Waals surface area (Å²) >= 11 is 0. The van der Waals surface area contributed by atoms with Crippen LogP contribution in [0, 0.1) is 5.92 Å². The molecule has 0 atom stereocenters. The van der Waals surface area contributed by atoms with Crippen LogP contribution >= 0.6 is 0 Å². The Bertz CT molecular complexity index is 357. The van der Waals surface area contributed by atoms with Crippen LogP contribution in [0.15, 0.2) is 6.20 Å². The average Bonchev–Trinajstić information content (AvgIpc) is 2.85. The van der Waals surface area contributed by atoms with Crippen molar-refractivity contribution in [2.24, 2.45) is 5.92 Å². The fourth-order valence-electron chi connectivity index (χ4n) is 2.28. The molecule has 1 fully saturated rings. The summed E-state index contributed by atoms with van der Waals surface area (Å²) in [6.07, 6.45) is 5.41. The van der Waals surface area contributed by atoms with Crippen molar-refractivity contribution in [1.29, 1.82) is 0 Å². The summed E-state index contributed by atoms with van der Waals surface area (Å²) in [7, 11) is 2.13. The fourth-order valence-corrected chi connectivity index (χ4v) is 2.28. The van der Waals surface area contributed by atoms with Crippen molar-refractivity contribution in [2.45, 2.75) is 25.7 Å². The third-order valence-electron chi connectivity index (χ3n) is 3.48. The lowest BCUT2D eigenvalue weighted by Crippen LogP contribution is -2.34. The topological polar surface area (TPSA) is 73.9 Å². The minimum Gasteiger partial charge on any atom is -0.356 e. The number of carbonyl (C=O) groups excluding carboxylic acids is 1. The molecule has 1 aliphatic rings. The molecule has 0 bridgehead atoms. The summed E-state index contributed by atoms with van der Waals surface area (Å²) in [5, 5.41) is 13.1. The van der Waals surface area contributed by atoms with Gasteiger partial charge in [-0.15, -0.1) is 5.10 Å². The standard InChI is InChI=1S/C12H21N5O/c1-17-6-3-10(4-7-17)8-12(18)13-5-2-11-9-14-16-15-11/h9-10H,2-8H2,1H3,(H,13,18)(H,14,15,16). The van der Waals surface area contributed by atoms with Gasteiger partial charge in [-0.3, -0.25) is 9.89 Å². The van der Waals surface area contributed by atoms with Crippen LogP contribution < -0.4 is 5.32 Å². The van der Waals surface area contributed by atoms with Crippen molar-refractivity contribution < 1.29 is 4.79 Å². The Kier molecular flexibility index (Phi) is 4.69. The Balaban J connectivity index is 1.60. The summed E-state index contributed by atoms with van der Waals surface area (Å²) in [6, 6.07) is 0. The van der Waals surface area contributed by atoms with Gasteiger partial charge in [0.2, 0.25) is 5.91 Å². The maximum atomic E-state index is 11.8. The van der Waals surface area contributed by atoms with E-state index in [0.29, 0.717) is 18.9 Å². The smallest absolute Gasteiger partial charge is 0.220 e. The monoisotopic (exact) mass is 251 g/mol. The molecule has 1 amide bonds. The molecule has 2 heterocycles. The summed E-state index contributed by atoms with van der Waals surface area (Å²) in [5.41, 5.74) is 0.884. The molecule has 0 aromatic carbocycles. The van der Waals surface area contributed by atoms with E-state index in [-0.39, 0.29) is 5.91 Å². The second kappa shape index (κ2) is 6.49. The molecule has 0 radical (unpaired) electrons. The van der Waals surface area contributed by atoms with E-state index in [2.05, 4.69) is 32.7 Å². The van der Waals surface area contributed by atoms with E-state index < -0.39 is 0 Å². The highest BCUT2D eigenvalue weighted by Gasteiger charge is 2.19. The molecule has 0 saturated carbocycles. The largest absolute Gasteiger partial charge is 0.356 e. The van der Waals surface area contributed by atoms with Gasteiger partial charge in [0, 0.05) is 25.6 Å². The molecule has 6 nitrogen and oxygen atoms in total. The van der Waals surface area contributed by atoms with E-state index in [9.17, 15) is 4.79 Å². The number of aromatic nitrogens is 3. The first-order valence-electron chi connectivity index (χ1n) is 6.54. The first-order valence-corrected chi connectivity index (χ1v) is 6.54. The van der Waals surface area contributed by atoms with Crippen LogP contribution in [0.3, 0.4) is 0 Å². The van der Waals surface area contributed by atoms with Gasteiger partial charge in [-0.05, 0) is 38.9 Å². The van der Waals surface area contributed by atoms with Gasteiger partial charge < -0.3 is 10.2 Å². The number of carbonyl (C=O) groups is 1. The second-order valence-corrected chi connectivity index (χ2v) is 5.02. The van der Waals surface area contributed by atoms with Crippen LogP contribution in [0.2, 0.25) is 0 Å². The predicted octanol–water partition coefficient (Wildman–Crippen LogP) is 0.195. The number of piperidine rings is 1. The van der Waals surface area contributed by atoms with Gasteiger partial charge in [0.1, 0.15) is 0 Å². The van der Waals surface area contributed by atoms with Gasteiger partial charge in [0.15, 0.2) is 0 Å². The Labute approximate surface area is 107 Å². The van der Waals surface area contributed by atoms with Crippen LogP contribution in [0.25, 0.3) is 0 Å². The summed E-state index contributed by atoms with van der Waals surface area (Å²) in [6.45, 7) is 2.85. The number of amides is 1. The van der Waals surface area contributed by atoms with Crippen molar-refractivity contribution in [3.05, 3.63) is 11.9 Å². The van der Waals surface area contributed by atoms with Gasteiger partial charge in [0.25, 0.3) is 0 Å². The number of hydrogen-bond acceptors (Lipinski definition) is 4. The van der Waals surface area contributed by atoms with E-state index in [1.807, 2.05) is 0 Å². The number of rotatable bonds is 5. The van der Waals surface area contributed by atoms with E-state index >= 15 is 0 Å². The lowest BCUT2D eigenvalue weighted by molar-refractivity contribution is -0.122. The van der Waals surface area contributed by atoms with Crippen LogP contribution in [0.1, 0.15) is 25.0 Å². The number of likely N-dealkylation sites (tertiary alicyclic amines) is 1. The maximum absolute atomic E-state index is 11.8. The van der Waals surface area contributed by atoms with Crippen molar-refractivity contribution in [1.82, 2.24) is 25.6 Å². The zero-order valence-electron chi connectivity index (χ0n) is 10.9. The molecule has 1 saturated heterocycles. The third-order valence-corrected chi connectivity index (χ3v) is 3.48. The average molecular weight is 251 g/mol. The summed E-state index contributed by atoms with van der Waals surface area (Å²) in [4.78, 5) is 14.1. The van der Waals surface area contributed by atoms with Crippen molar-refractivity contribution in [2.75, 3.05) is 26.7 Å². The molecule has 1 aromatic rings. The normalized spacial score (nSPS) is 17.8. The highest BCUT2D eigenvalue weighted by molar-refractivity contribution is 5.76. The van der Waals surface area contributed by atoms with E-state index in [0.717, 1.165) is 38.0 Å². The van der Waals surface area contributed by atoms with Gasteiger partial charge in [0.05, 0.1) is 5.69 Å². The maximum Gasteiger partial charge on any atom is 0.220 e.